The largest absolute Gasteiger partial charge is 0.307 e. The van der Waals surface area contributed by atoms with Crippen molar-refractivity contribution in [2.45, 2.75) is 54.9 Å². The Morgan fingerprint density at radius 1 is 0.923 bits per heavy atom. The van der Waals surface area contributed by atoms with E-state index >= 15 is 0 Å². The van der Waals surface area contributed by atoms with E-state index in [0.717, 1.165) is 19.0 Å². The maximum absolute atomic E-state index is 2.25. The van der Waals surface area contributed by atoms with Crippen LogP contribution in [0.1, 0.15) is 54.9 Å². The minimum atomic E-state index is 0.884. The molecule has 1 heteroatoms. The van der Waals surface area contributed by atoms with Crippen LogP contribution in [-0.2, 0) is 0 Å². The maximum atomic E-state index is 2.25. The van der Waals surface area contributed by atoms with E-state index < -0.39 is 0 Å². The molecule has 0 aliphatic heterocycles. The van der Waals surface area contributed by atoms with Crippen LogP contribution in [0.3, 0.4) is 0 Å². The summed E-state index contributed by atoms with van der Waals surface area (Å²) in [7, 11) is 2.11. The van der Waals surface area contributed by atoms with E-state index in [1.54, 1.807) is 0 Å². The van der Waals surface area contributed by atoms with Gasteiger partial charge in [0.15, 0.2) is 0 Å². The number of nitrogens with zero attached hydrogens (tertiary/aromatic N) is 1. The van der Waals surface area contributed by atoms with Gasteiger partial charge in [0.25, 0.3) is 0 Å². The Bertz CT molecular complexity index is 56.1. The lowest BCUT2D eigenvalue weighted by Gasteiger charge is -2.07. The van der Waals surface area contributed by atoms with E-state index in [1.165, 1.54) is 6.42 Å². The lowest BCUT2D eigenvalue weighted by Crippen LogP contribution is -2.15. The van der Waals surface area contributed by atoms with Gasteiger partial charge >= 0.3 is 0 Å². The van der Waals surface area contributed by atoms with Crippen molar-refractivity contribution in [2.24, 2.45) is 5.92 Å². The van der Waals surface area contributed by atoms with Gasteiger partial charge in [-0.15, -0.1) is 0 Å². The van der Waals surface area contributed by atoms with Gasteiger partial charge in [-0.2, -0.15) is 0 Å². The van der Waals surface area contributed by atoms with Crippen LogP contribution in [0.4, 0.5) is 0 Å². The fourth-order valence-corrected chi connectivity index (χ4v) is 0.224. The zero-order valence-electron chi connectivity index (χ0n) is 11.1. The predicted molar refractivity (Wildman–Crippen MR) is 65.3 cm³/mol. The van der Waals surface area contributed by atoms with Crippen molar-refractivity contribution in [3.63, 3.8) is 0 Å². The van der Waals surface area contributed by atoms with Crippen LogP contribution in [0.5, 0.6) is 0 Å². The monoisotopic (exact) mass is 189 g/mol. The molecule has 0 atom stereocenters. The first-order valence-electron chi connectivity index (χ1n) is 5.76. The molecule has 0 radical (unpaired) electrons. The van der Waals surface area contributed by atoms with Crippen molar-refractivity contribution in [2.75, 3.05) is 20.1 Å². The fourth-order valence-electron chi connectivity index (χ4n) is 0.224. The standard InChI is InChI=1S/C5H13N.C5H12.C2H6/c1-4-6(3)5-2;1-4-5(2)3;1-2/h4-5H2,1-3H3;5H,4H2,1-3H3;1-2H3. The molecule has 84 valence electrons. The molecule has 0 saturated heterocycles. The summed E-state index contributed by atoms with van der Waals surface area (Å²) in [6, 6.07) is 0. The van der Waals surface area contributed by atoms with E-state index in [0.29, 0.717) is 0 Å². The summed E-state index contributed by atoms with van der Waals surface area (Å²) in [5, 5.41) is 0. The SMILES string of the molecule is CC.CCC(C)C.CCN(C)CC. The third-order valence-corrected chi connectivity index (χ3v) is 1.90. The quantitative estimate of drug-likeness (QED) is 0.648. The molecule has 0 aliphatic carbocycles. The first-order valence-corrected chi connectivity index (χ1v) is 5.76. The molecule has 0 aromatic heterocycles. The second-order valence-electron chi connectivity index (χ2n) is 3.29. The van der Waals surface area contributed by atoms with Crippen LogP contribution in [0.25, 0.3) is 0 Å². The summed E-state index contributed by atoms with van der Waals surface area (Å²) in [6.07, 6.45) is 1.31. The van der Waals surface area contributed by atoms with Gasteiger partial charge in [-0.25, -0.2) is 0 Å². The molecule has 0 aromatic rings. The first-order chi connectivity index (χ1) is 6.08. The summed E-state index contributed by atoms with van der Waals surface area (Å²) in [5.74, 6) is 0.884. The van der Waals surface area contributed by atoms with Crippen molar-refractivity contribution in [1.29, 1.82) is 0 Å². The Morgan fingerprint density at radius 3 is 1.15 bits per heavy atom. The van der Waals surface area contributed by atoms with E-state index in [1.807, 2.05) is 13.8 Å². The smallest absolute Gasteiger partial charge is 0.00504 e. The Labute approximate surface area is 86.5 Å². The average molecular weight is 189 g/mol. The normalized spacial score (nSPS) is 8.77. The number of hydrogen-bond acceptors (Lipinski definition) is 1. The van der Waals surface area contributed by atoms with Crippen LogP contribution in [0.2, 0.25) is 0 Å². The summed E-state index contributed by atoms with van der Waals surface area (Å²) < 4.78 is 0. The zero-order chi connectivity index (χ0) is 11.3. The highest BCUT2D eigenvalue weighted by Crippen LogP contribution is 1.93. The second kappa shape index (κ2) is 17.9. The number of hydrogen-bond donors (Lipinski definition) is 0. The van der Waals surface area contributed by atoms with Gasteiger partial charge in [-0.3, -0.25) is 0 Å². The highest BCUT2D eigenvalue weighted by molar-refractivity contribution is 4.36. The Kier molecular flexibility index (Phi) is 25.7. The van der Waals surface area contributed by atoms with Gasteiger partial charge in [0, 0.05) is 0 Å². The zero-order valence-corrected chi connectivity index (χ0v) is 11.1. The van der Waals surface area contributed by atoms with Crippen LogP contribution < -0.4 is 0 Å². The van der Waals surface area contributed by atoms with Crippen molar-refractivity contribution >= 4 is 0 Å². The molecule has 0 aliphatic rings. The molecule has 0 saturated carbocycles. The van der Waals surface area contributed by atoms with Gasteiger partial charge in [0.1, 0.15) is 0 Å². The van der Waals surface area contributed by atoms with Crippen molar-refractivity contribution < 1.29 is 0 Å². The van der Waals surface area contributed by atoms with E-state index in [-0.39, 0.29) is 0 Å². The lowest BCUT2D eigenvalue weighted by atomic mass is 10.2. The Balaban J connectivity index is -0.000000131. The van der Waals surface area contributed by atoms with Crippen molar-refractivity contribution in [1.82, 2.24) is 4.90 Å². The topological polar surface area (TPSA) is 3.24 Å². The first kappa shape index (κ1) is 18.7. The molecular weight excluding hydrogens is 158 g/mol. The Morgan fingerprint density at radius 2 is 1.15 bits per heavy atom. The van der Waals surface area contributed by atoms with Crippen LogP contribution >= 0.6 is 0 Å². The molecule has 0 unspecified atom stereocenters. The molecule has 0 amide bonds. The average Bonchev–Trinajstić information content (AvgIpc) is 2.20. The molecule has 0 rings (SSSR count). The third kappa shape index (κ3) is 33.4. The van der Waals surface area contributed by atoms with Crippen molar-refractivity contribution in [3.8, 4) is 0 Å². The fraction of sp³-hybridized carbons (Fsp3) is 1.00. The van der Waals surface area contributed by atoms with E-state index in [9.17, 15) is 0 Å². The Hall–Kier alpha value is -0.0400. The summed E-state index contributed by atoms with van der Waals surface area (Å²) in [4.78, 5) is 2.25. The lowest BCUT2D eigenvalue weighted by molar-refractivity contribution is 0.373. The second-order valence-corrected chi connectivity index (χ2v) is 3.29. The molecule has 0 heterocycles. The summed E-state index contributed by atoms with van der Waals surface area (Å²) in [6.45, 7) is 17.3. The third-order valence-electron chi connectivity index (χ3n) is 1.90. The number of rotatable bonds is 3. The van der Waals surface area contributed by atoms with E-state index in [4.69, 9.17) is 0 Å². The summed E-state index contributed by atoms with van der Waals surface area (Å²) in [5.41, 5.74) is 0. The van der Waals surface area contributed by atoms with Gasteiger partial charge in [-0.05, 0) is 26.1 Å². The molecule has 13 heavy (non-hydrogen) atoms. The van der Waals surface area contributed by atoms with Gasteiger partial charge < -0.3 is 4.90 Å². The molecule has 0 aromatic carbocycles. The summed E-state index contributed by atoms with van der Waals surface area (Å²) >= 11 is 0. The molecule has 1 nitrogen and oxygen atoms in total. The molecule has 0 bridgehead atoms. The van der Waals surface area contributed by atoms with Crippen LogP contribution in [0, 0.1) is 5.92 Å². The highest BCUT2D eigenvalue weighted by atomic mass is 15.1. The van der Waals surface area contributed by atoms with E-state index in [2.05, 4.69) is 46.6 Å². The molecular formula is C12H31N. The highest BCUT2D eigenvalue weighted by Gasteiger charge is 1.81. The maximum Gasteiger partial charge on any atom is -0.00504 e. The predicted octanol–water partition coefficient (Wildman–Crippen LogP) is 4.04. The van der Waals surface area contributed by atoms with Crippen molar-refractivity contribution in [3.05, 3.63) is 0 Å². The molecule has 0 fully saturated rings. The van der Waals surface area contributed by atoms with Gasteiger partial charge in [-0.1, -0.05) is 54.9 Å². The molecule has 0 N–H and O–H groups in total. The van der Waals surface area contributed by atoms with Gasteiger partial charge in [0.05, 0.1) is 0 Å². The van der Waals surface area contributed by atoms with Crippen LogP contribution in [-0.4, -0.2) is 25.0 Å². The van der Waals surface area contributed by atoms with Gasteiger partial charge in [0.2, 0.25) is 0 Å². The van der Waals surface area contributed by atoms with Crippen LogP contribution in [0.15, 0.2) is 0 Å². The minimum Gasteiger partial charge on any atom is -0.307 e. The minimum absolute atomic E-state index is 0.884. The molecule has 0 spiro atoms.